The average molecular weight is 496 g/mol. The molecule has 1 aromatic carbocycles. The summed E-state index contributed by atoms with van der Waals surface area (Å²) in [5.74, 6) is -1.18. The molecule has 186 valence electrons. The van der Waals surface area contributed by atoms with Crippen LogP contribution in [-0.2, 0) is 23.9 Å². The molecule has 0 aliphatic carbocycles. The van der Waals surface area contributed by atoms with Gasteiger partial charge in [0.25, 0.3) is 5.91 Å². The molecule has 11 heteroatoms. The van der Waals surface area contributed by atoms with Crippen molar-refractivity contribution >= 4 is 35.3 Å². The molecule has 3 rings (SSSR count). The summed E-state index contributed by atoms with van der Waals surface area (Å²) in [5.41, 5.74) is 0.217. The van der Waals surface area contributed by atoms with E-state index in [1.807, 2.05) is 13.8 Å². The summed E-state index contributed by atoms with van der Waals surface area (Å²) >= 11 is 6.21. The number of carbonyl (C=O) groups is 4. The minimum absolute atomic E-state index is 0.00882. The van der Waals surface area contributed by atoms with Gasteiger partial charge in [-0.25, -0.2) is 0 Å². The molecular weight excluding hydrogens is 466 g/mol. The highest BCUT2D eigenvalue weighted by Gasteiger charge is 2.40. The lowest BCUT2D eigenvalue weighted by molar-refractivity contribution is -0.164. The normalized spacial score (nSPS) is 22.0. The first kappa shape index (κ1) is 25.8. The van der Waals surface area contributed by atoms with Crippen LogP contribution in [0.15, 0.2) is 18.2 Å². The van der Waals surface area contributed by atoms with E-state index in [1.165, 1.54) is 11.0 Å². The van der Waals surface area contributed by atoms with Crippen LogP contribution in [-0.4, -0.2) is 72.8 Å². The Morgan fingerprint density at radius 3 is 2.74 bits per heavy atom. The zero-order valence-electron chi connectivity index (χ0n) is 19.5. The number of benzene rings is 1. The Kier molecular flexibility index (Phi) is 8.73. The summed E-state index contributed by atoms with van der Waals surface area (Å²) in [6, 6.07) is 3.41. The number of ether oxygens (including phenoxy) is 3. The lowest BCUT2D eigenvalue weighted by atomic mass is 10.1. The van der Waals surface area contributed by atoms with Gasteiger partial charge in [-0.1, -0.05) is 11.6 Å². The average Bonchev–Trinajstić information content (AvgIpc) is 3.38. The van der Waals surface area contributed by atoms with Crippen LogP contribution >= 0.6 is 11.6 Å². The Morgan fingerprint density at radius 2 is 2.06 bits per heavy atom. The molecule has 2 heterocycles. The molecule has 34 heavy (non-hydrogen) atoms. The van der Waals surface area contributed by atoms with Gasteiger partial charge >= 0.3 is 5.97 Å². The fraction of sp³-hybridized carbons (Fsp3) is 0.565. The largest absolute Gasteiger partial charge is 0.491 e. The van der Waals surface area contributed by atoms with Crippen molar-refractivity contribution in [2.75, 3.05) is 19.7 Å². The fourth-order valence-corrected chi connectivity index (χ4v) is 4.22. The molecule has 1 aromatic rings. The SMILES string of the molecule is CCO[C@@H]1OC(=O)C[C@@H]1NC(=O)[C@@H]1CCCN1C(=O)CNC(=O)c1ccc(OC(C)C)cc1Cl. The number of cyclic esters (lactones) is 1. The zero-order valence-corrected chi connectivity index (χ0v) is 20.2. The van der Waals surface area contributed by atoms with Gasteiger partial charge in [0.1, 0.15) is 17.8 Å². The molecule has 2 saturated heterocycles. The zero-order chi connectivity index (χ0) is 24.8. The van der Waals surface area contributed by atoms with E-state index in [9.17, 15) is 19.2 Å². The van der Waals surface area contributed by atoms with Gasteiger partial charge in [-0.05, 0) is 51.8 Å². The Balaban J connectivity index is 1.55. The van der Waals surface area contributed by atoms with Crippen LogP contribution in [0.5, 0.6) is 5.75 Å². The lowest BCUT2D eigenvalue weighted by Gasteiger charge is -2.26. The third-order valence-corrected chi connectivity index (χ3v) is 5.77. The van der Waals surface area contributed by atoms with E-state index in [1.54, 1.807) is 19.1 Å². The maximum atomic E-state index is 12.8. The van der Waals surface area contributed by atoms with Gasteiger partial charge in [0.05, 0.1) is 29.7 Å². The molecule has 10 nitrogen and oxygen atoms in total. The molecule has 0 spiro atoms. The van der Waals surface area contributed by atoms with Gasteiger partial charge in [-0.15, -0.1) is 0 Å². The molecule has 0 radical (unpaired) electrons. The molecule has 3 amide bonds. The smallest absolute Gasteiger partial charge is 0.310 e. The number of likely N-dealkylation sites (tertiary alicyclic amines) is 1. The van der Waals surface area contributed by atoms with E-state index in [0.29, 0.717) is 31.7 Å². The number of nitrogens with zero attached hydrogens (tertiary/aromatic N) is 1. The molecule has 2 aliphatic heterocycles. The third-order valence-electron chi connectivity index (χ3n) is 5.45. The molecule has 0 unspecified atom stereocenters. The van der Waals surface area contributed by atoms with Crippen molar-refractivity contribution < 1.29 is 33.4 Å². The maximum absolute atomic E-state index is 12.8. The lowest BCUT2D eigenvalue weighted by Crippen LogP contribution is -2.52. The minimum atomic E-state index is -0.839. The number of nitrogens with one attached hydrogen (secondary N) is 2. The van der Waals surface area contributed by atoms with Crippen molar-refractivity contribution in [3.63, 3.8) is 0 Å². The van der Waals surface area contributed by atoms with Crippen molar-refractivity contribution in [1.29, 1.82) is 0 Å². The van der Waals surface area contributed by atoms with Gasteiger partial charge in [0, 0.05) is 13.2 Å². The van der Waals surface area contributed by atoms with Crippen molar-refractivity contribution in [1.82, 2.24) is 15.5 Å². The summed E-state index contributed by atoms with van der Waals surface area (Å²) in [7, 11) is 0. The van der Waals surface area contributed by atoms with Gasteiger partial charge in [-0.3, -0.25) is 19.2 Å². The molecule has 2 N–H and O–H groups in total. The quantitative estimate of drug-likeness (QED) is 0.499. The number of rotatable bonds is 9. The van der Waals surface area contributed by atoms with Crippen LogP contribution in [0.25, 0.3) is 0 Å². The summed E-state index contributed by atoms with van der Waals surface area (Å²) in [4.78, 5) is 51.2. The Labute approximate surface area is 203 Å². The number of esters is 1. The van der Waals surface area contributed by atoms with Crippen molar-refractivity contribution in [3.05, 3.63) is 28.8 Å². The molecule has 2 fully saturated rings. The summed E-state index contributed by atoms with van der Waals surface area (Å²) in [5, 5.41) is 5.54. The maximum Gasteiger partial charge on any atom is 0.310 e. The van der Waals surface area contributed by atoms with Crippen LogP contribution in [0.2, 0.25) is 5.02 Å². The molecule has 2 aliphatic rings. The summed E-state index contributed by atoms with van der Waals surface area (Å²) in [6.45, 7) is 5.96. The second-order valence-electron chi connectivity index (χ2n) is 8.37. The molecule has 3 atom stereocenters. The highest BCUT2D eigenvalue weighted by atomic mass is 35.5. The van der Waals surface area contributed by atoms with E-state index >= 15 is 0 Å². The molecule has 0 saturated carbocycles. The highest BCUT2D eigenvalue weighted by molar-refractivity contribution is 6.34. The van der Waals surface area contributed by atoms with Crippen molar-refractivity contribution in [3.8, 4) is 5.75 Å². The van der Waals surface area contributed by atoms with Gasteiger partial charge in [-0.2, -0.15) is 0 Å². The van der Waals surface area contributed by atoms with Crippen molar-refractivity contribution in [2.24, 2.45) is 0 Å². The minimum Gasteiger partial charge on any atom is -0.491 e. The Morgan fingerprint density at radius 1 is 1.29 bits per heavy atom. The first-order valence-electron chi connectivity index (χ1n) is 11.3. The van der Waals surface area contributed by atoms with Crippen LogP contribution in [0, 0.1) is 0 Å². The number of hydrogen-bond acceptors (Lipinski definition) is 7. The number of halogens is 1. The van der Waals surface area contributed by atoms with Crippen LogP contribution in [0.1, 0.15) is 50.4 Å². The van der Waals surface area contributed by atoms with E-state index in [2.05, 4.69) is 10.6 Å². The van der Waals surface area contributed by atoms with E-state index in [4.69, 9.17) is 25.8 Å². The van der Waals surface area contributed by atoms with Gasteiger partial charge < -0.3 is 29.7 Å². The molecule has 0 bridgehead atoms. The number of hydrogen-bond donors (Lipinski definition) is 2. The predicted octanol–water partition coefficient (Wildman–Crippen LogP) is 1.64. The fourth-order valence-electron chi connectivity index (χ4n) is 3.96. The number of amides is 3. The van der Waals surface area contributed by atoms with Gasteiger partial charge in [0.2, 0.25) is 18.1 Å². The summed E-state index contributed by atoms with van der Waals surface area (Å²) < 4.78 is 16.0. The van der Waals surface area contributed by atoms with Crippen LogP contribution < -0.4 is 15.4 Å². The predicted molar refractivity (Wildman–Crippen MR) is 122 cm³/mol. The van der Waals surface area contributed by atoms with E-state index in [0.717, 1.165) is 0 Å². The highest BCUT2D eigenvalue weighted by Crippen LogP contribution is 2.24. The first-order chi connectivity index (χ1) is 16.2. The second kappa shape index (κ2) is 11.5. The monoisotopic (exact) mass is 495 g/mol. The second-order valence-corrected chi connectivity index (χ2v) is 8.78. The van der Waals surface area contributed by atoms with E-state index in [-0.39, 0.29) is 41.5 Å². The molecular formula is C23H30ClN3O7. The van der Waals surface area contributed by atoms with E-state index < -0.39 is 30.3 Å². The first-order valence-corrected chi connectivity index (χ1v) is 11.7. The van der Waals surface area contributed by atoms with Crippen molar-refractivity contribution in [2.45, 2.75) is 64.5 Å². The third kappa shape index (κ3) is 6.38. The summed E-state index contributed by atoms with van der Waals surface area (Å²) in [6.07, 6.45) is 0.263. The topological polar surface area (TPSA) is 123 Å². The standard InChI is InChI=1S/C23H30ClN3O7/c1-4-32-23-17(11-20(29)34-23)26-22(31)18-6-5-9-27(18)19(28)12-25-21(30)15-8-7-14(10-16(15)24)33-13(2)3/h7-8,10,13,17-18,23H,4-6,9,11-12H2,1-3H3,(H,25,30)(H,26,31)/t17-,18-,23+/m0/s1. The Bertz CT molecular complexity index is 939. The van der Waals surface area contributed by atoms with Crippen LogP contribution in [0.4, 0.5) is 0 Å². The Hall–Kier alpha value is -2.85. The van der Waals surface area contributed by atoms with Gasteiger partial charge in [0.15, 0.2) is 0 Å². The van der Waals surface area contributed by atoms with Crippen LogP contribution in [0.3, 0.4) is 0 Å². The number of carbonyl (C=O) groups excluding carboxylic acids is 4. The molecule has 0 aromatic heterocycles.